The number of nitrogens with two attached hydrogens (primary N) is 1. The predicted molar refractivity (Wildman–Crippen MR) is 67.8 cm³/mol. The van der Waals surface area contributed by atoms with Gasteiger partial charge < -0.3 is 10.3 Å². The lowest BCUT2D eigenvalue weighted by Crippen LogP contribution is -2.30. The molecule has 1 aromatic heterocycles. The molecule has 0 spiro atoms. The first-order chi connectivity index (χ1) is 8.76. The molecular weight excluding hydrogens is 228 g/mol. The van der Waals surface area contributed by atoms with Gasteiger partial charge in [0.1, 0.15) is 0 Å². The van der Waals surface area contributed by atoms with E-state index in [0.717, 1.165) is 50.1 Å². The molecule has 1 saturated carbocycles. The van der Waals surface area contributed by atoms with Crippen molar-refractivity contribution in [1.82, 2.24) is 15.0 Å². The molecule has 1 aliphatic heterocycles. The quantitative estimate of drug-likeness (QED) is 0.869. The molecular formula is C13H22N4O. The molecule has 3 rings (SSSR count). The fourth-order valence-electron chi connectivity index (χ4n) is 3.40. The zero-order valence-electron chi connectivity index (χ0n) is 11.0. The molecule has 1 aromatic rings. The number of likely N-dealkylation sites (tertiary alicyclic amines) is 1. The van der Waals surface area contributed by atoms with Crippen molar-refractivity contribution in [3.05, 3.63) is 11.7 Å². The summed E-state index contributed by atoms with van der Waals surface area (Å²) < 4.78 is 5.22. The number of hydrogen-bond donors (Lipinski definition) is 1. The maximum absolute atomic E-state index is 6.14. The highest BCUT2D eigenvalue weighted by Gasteiger charge is 2.40. The Balaban J connectivity index is 1.57. The van der Waals surface area contributed by atoms with Gasteiger partial charge in [-0.25, -0.2) is 0 Å². The van der Waals surface area contributed by atoms with Gasteiger partial charge >= 0.3 is 0 Å². The Labute approximate surface area is 108 Å². The van der Waals surface area contributed by atoms with E-state index < -0.39 is 0 Å². The average Bonchev–Trinajstić information content (AvgIpc) is 3.00. The molecule has 5 nitrogen and oxygen atoms in total. The van der Waals surface area contributed by atoms with Crippen LogP contribution in [0, 0.1) is 11.8 Å². The Bertz CT molecular complexity index is 405. The van der Waals surface area contributed by atoms with Crippen molar-refractivity contribution in [3.8, 4) is 0 Å². The van der Waals surface area contributed by atoms with E-state index in [9.17, 15) is 0 Å². The Kier molecular flexibility index (Phi) is 3.35. The van der Waals surface area contributed by atoms with E-state index in [4.69, 9.17) is 10.3 Å². The zero-order valence-corrected chi connectivity index (χ0v) is 11.0. The van der Waals surface area contributed by atoms with Gasteiger partial charge in [-0.1, -0.05) is 12.1 Å². The van der Waals surface area contributed by atoms with Gasteiger partial charge in [-0.2, -0.15) is 4.98 Å². The van der Waals surface area contributed by atoms with Crippen LogP contribution in [0.1, 0.15) is 37.9 Å². The summed E-state index contributed by atoms with van der Waals surface area (Å²) in [4.78, 5) is 6.85. The first-order valence-corrected chi connectivity index (χ1v) is 7.05. The van der Waals surface area contributed by atoms with Gasteiger partial charge in [-0.05, 0) is 31.1 Å². The highest BCUT2D eigenvalue weighted by molar-refractivity contribution is 4.97. The molecule has 0 radical (unpaired) electrons. The van der Waals surface area contributed by atoms with Gasteiger partial charge in [-0.15, -0.1) is 0 Å². The van der Waals surface area contributed by atoms with Crippen LogP contribution in [0.15, 0.2) is 4.52 Å². The first kappa shape index (κ1) is 12.1. The van der Waals surface area contributed by atoms with Crippen molar-refractivity contribution in [3.63, 3.8) is 0 Å². The van der Waals surface area contributed by atoms with Gasteiger partial charge in [0.05, 0.1) is 6.54 Å². The van der Waals surface area contributed by atoms with Crippen molar-refractivity contribution in [2.45, 2.75) is 45.2 Å². The van der Waals surface area contributed by atoms with Crippen molar-refractivity contribution in [2.75, 3.05) is 13.1 Å². The molecule has 2 N–H and O–H groups in total. The Morgan fingerprint density at radius 2 is 2.28 bits per heavy atom. The minimum Gasteiger partial charge on any atom is -0.339 e. The number of nitrogens with zero attached hydrogens (tertiary/aromatic N) is 3. The monoisotopic (exact) mass is 250 g/mol. The van der Waals surface area contributed by atoms with E-state index in [1.807, 2.05) is 0 Å². The lowest BCUT2D eigenvalue weighted by Gasteiger charge is -2.16. The SMILES string of the molecule is CCCc1nc(CN2CC3CCC(N)C3C2)no1. The Morgan fingerprint density at radius 3 is 3.06 bits per heavy atom. The predicted octanol–water partition coefficient (Wildman–Crippen LogP) is 1.19. The van der Waals surface area contributed by atoms with Crippen LogP contribution in [0.2, 0.25) is 0 Å². The average molecular weight is 250 g/mol. The van der Waals surface area contributed by atoms with E-state index in [2.05, 4.69) is 22.0 Å². The molecule has 5 heteroatoms. The van der Waals surface area contributed by atoms with Gasteiger partial charge in [0, 0.05) is 25.6 Å². The molecule has 0 aromatic carbocycles. The number of aryl methyl sites for hydroxylation is 1. The van der Waals surface area contributed by atoms with E-state index in [1.165, 1.54) is 12.8 Å². The second-order valence-corrected chi connectivity index (χ2v) is 5.71. The fourth-order valence-corrected chi connectivity index (χ4v) is 3.40. The van der Waals surface area contributed by atoms with Crippen LogP contribution >= 0.6 is 0 Å². The summed E-state index contributed by atoms with van der Waals surface area (Å²) in [6.45, 7) is 5.18. The molecule has 3 unspecified atom stereocenters. The third kappa shape index (κ3) is 2.29. The second-order valence-electron chi connectivity index (χ2n) is 5.71. The third-order valence-electron chi connectivity index (χ3n) is 4.33. The molecule has 100 valence electrons. The Hall–Kier alpha value is -0.940. The minimum absolute atomic E-state index is 0.404. The number of hydrogen-bond acceptors (Lipinski definition) is 5. The topological polar surface area (TPSA) is 68.2 Å². The first-order valence-electron chi connectivity index (χ1n) is 7.05. The summed E-state index contributed by atoms with van der Waals surface area (Å²) in [5.41, 5.74) is 6.14. The normalized spacial score (nSPS) is 32.0. The molecule has 18 heavy (non-hydrogen) atoms. The lowest BCUT2D eigenvalue weighted by molar-refractivity contribution is 0.283. The van der Waals surface area contributed by atoms with Crippen LogP contribution in [0.4, 0.5) is 0 Å². The molecule has 1 aliphatic carbocycles. The van der Waals surface area contributed by atoms with Crippen LogP contribution in [-0.4, -0.2) is 34.2 Å². The Morgan fingerprint density at radius 1 is 1.39 bits per heavy atom. The standard InChI is InChI=1S/C13H22N4O/c1-2-3-13-15-12(16-18-13)8-17-6-9-4-5-11(14)10(9)7-17/h9-11H,2-8,14H2,1H3. The number of rotatable bonds is 4. The molecule has 2 heterocycles. The van der Waals surface area contributed by atoms with Crippen LogP contribution in [0.3, 0.4) is 0 Å². The largest absolute Gasteiger partial charge is 0.339 e. The number of aromatic nitrogens is 2. The van der Waals surface area contributed by atoms with Gasteiger partial charge in [0.15, 0.2) is 5.82 Å². The summed E-state index contributed by atoms with van der Waals surface area (Å²) in [7, 11) is 0. The van der Waals surface area contributed by atoms with E-state index in [-0.39, 0.29) is 0 Å². The minimum atomic E-state index is 0.404. The van der Waals surface area contributed by atoms with Crippen molar-refractivity contribution in [1.29, 1.82) is 0 Å². The summed E-state index contributed by atoms with van der Waals surface area (Å²) in [6.07, 6.45) is 4.41. The van der Waals surface area contributed by atoms with Crippen molar-refractivity contribution in [2.24, 2.45) is 17.6 Å². The van der Waals surface area contributed by atoms with Crippen LogP contribution in [0.5, 0.6) is 0 Å². The van der Waals surface area contributed by atoms with Crippen molar-refractivity contribution < 1.29 is 4.52 Å². The summed E-state index contributed by atoms with van der Waals surface area (Å²) >= 11 is 0. The molecule has 0 amide bonds. The van der Waals surface area contributed by atoms with Crippen molar-refractivity contribution >= 4 is 0 Å². The van der Waals surface area contributed by atoms with E-state index in [0.29, 0.717) is 12.0 Å². The second kappa shape index (κ2) is 4.97. The van der Waals surface area contributed by atoms with E-state index in [1.54, 1.807) is 0 Å². The number of fused-ring (bicyclic) bond motifs is 1. The smallest absolute Gasteiger partial charge is 0.226 e. The lowest BCUT2D eigenvalue weighted by atomic mass is 9.98. The van der Waals surface area contributed by atoms with E-state index >= 15 is 0 Å². The van der Waals surface area contributed by atoms with Crippen LogP contribution in [-0.2, 0) is 13.0 Å². The highest BCUT2D eigenvalue weighted by Crippen LogP contribution is 2.37. The molecule has 3 atom stereocenters. The molecule has 0 bridgehead atoms. The summed E-state index contributed by atoms with van der Waals surface area (Å²) in [6, 6.07) is 0.404. The maximum Gasteiger partial charge on any atom is 0.226 e. The molecule has 2 fully saturated rings. The summed E-state index contributed by atoms with van der Waals surface area (Å²) in [5.74, 6) is 3.07. The van der Waals surface area contributed by atoms with Crippen LogP contribution in [0.25, 0.3) is 0 Å². The third-order valence-corrected chi connectivity index (χ3v) is 4.33. The molecule has 1 saturated heterocycles. The van der Waals surface area contributed by atoms with Crippen LogP contribution < -0.4 is 5.73 Å². The van der Waals surface area contributed by atoms with Gasteiger partial charge in [0.25, 0.3) is 0 Å². The fraction of sp³-hybridized carbons (Fsp3) is 0.846. The zero-order chi connectivity index (χ0) is 12.5. The maximum atomic E-state index is 6.14. The highest BCUT2D eigenvalue weighted by atomic mass is 16.5. The molecule has 2 aliphatic rings. The van der Waals surface area contributed by atoms with Gasteiger partial charge in [-0.3, -0.25) is 4.90 Å². The summed E-state index contributed by atoms with van der Waals surface area (Å²) in [5, 5.41) is 4.05. The van der Waals surface area contributed by atoms with Gasteiger partial charge in [0.2, 0.25) is 5.89 Å².